The number of amides is 2. The maximum absolute atomic E-state index is 12.6. The van der Waals surface area contributed by atoms with Crippen molar-refractivity contribution in [3.8, 4) is 0 Å². The SMILES string of the molecule is COCC(=O)N1CCCc2ccc(NC(=O)c3ccc(C(F)(F)F)cc3)cc21. The van der Waals surface area contributed by atoms with E-state index >= 15 is 0 Å². The highest BCUT2D eigenvalue weighted by Crippen LogP contribution is 2.31. The molecule has 1 aliphatic heterocycles. The first-order chi connectivity index (χ1) is 13.3. The molecule has 2 amide bonds. The zero-order valence-electron chi connectivity index (χ0n) is 15.2. The van der Waals surface area contributed by atoms with Crippen molar-refractivity contribution in [2.75, 3.05) is 30.5 Å². The van der Waals surface area contributed by atoms with Crippen molar-refractivity contribution in [2.24, 2.45) is 0 Å². The molecule has 1 aliphatic rings. The highest BCUT2D eigenvalue weighted by atomic mass is 19.4. The summed E-state index contributed by atoms with van der Waals surface area (Å²) in [5.74, 6) is -0.700. The monoisotopic (exact) mass is 392 g/mol. The largest absolute Gasteiger partial charge is 0.416 e. The molecule has 0 unspecified atom stereocenters. The number of alkyl halides is 3. The minimum absolute atomic E-state index is 0.0401. The van der Waals surface area contributed by atoms with Crippen molar-refractivity contribution in [1.29, 1.82) is 0 Å². The number of aryl methyl sites for hydroxylation is 1. The summed E-state index contributed by atoms with van der Waals surface area (Å²) in [6, 6.07) is 9.24. The number of halogens is 3. The van der Waals surface area contributed by atoms with Crippen molar-refractivity contribution >= 4 is 23.2 Å². The number of methoxy groups -OCH3 is 1. The van der Waals surface area contributed by atoms with Gasteiger partial charge in [0, 0.05) is 30.6 Å². The summed E-state index contributed by atoms with van der Waals surface area (Å²) < 4.78 is 42.8. The normalized spacial score (nSPS) is 13.8. The molecule has 0 spiro atoms. The molecule has 0 aromatic heterocycles. The molecule has 2 aromatic carbocycles. The third kappa shape index (κ3) is 4.33. The van der Waals surface area contributed by atoms with Gasteiger partial charge >= 0.3 is 6.18 Å². The lowest BCUT2D eigenvalue weighted by atomic mass is 10.0. The summed E-state index contributed by atoms with van der Waals surface area (Å²) in [7, 11) is 1.45. The number of rotatable bonds is 4. The molecular formula is C20H19F3N2O3. The Balaban J connectivity index is 1.79. The zero-order chi connectivity index (χ0) is 20.3. The molecule has 5 nitrogen and oxygen atoms in total. The molecule has 8 heteroatoms. The second-order valence-electron chi connectivity index (χ2n) is 6.45. The summed E-state index contributed by atoms with van der Waals surface area (Å²) in [6.07, 6.45) is -2.80. The third-order valence-electron chi connectivity index (χ3n) is 4.51. The number of anilines is 2. The fourth-order valence-electron chi connectivity index (χ4n) is 3.13. The Bertz CT molecular complexity index is 879. The van der Waals surface area contributed by atoms with Crippen LogP contribution in [0.3, 0.4) is 0 Å². The van der Waals surface area contributed by atoms with E-state index in [9.17, 15) is 22.8 Å². The van der Waals surface area contributed by atoms with E-state index in [4.69, 9.17) is 4.74 Å². The Morgan fingerprint density at radius 3 is 2.50 bits per heavy atom. The summed E-state index contributed by atoms with van der Waals surface area (Å²) in [6.45, 7) is 0.521. The average molecular weight is 392 g/mol. The van der Waals surface area contributed by atoms with Crippen molar-refractivity contribution in [1.82, 2.24) is 0 Å². The van der Waals surface area contributed by atoms with Gasteiger partial charge in [-0.1, -0.05) is 6.07 Å². The molecular weight excluding hydrogens is 373 g/mol. The molecule has 0 radical (unpaired) electrons. The smallest absolute Gasteiger partial charge is 0.375 e. The van der Waals surface area contributed by atoms with Gasteiger partial charge < -0.3 is 15.0 Å². The van der Waals surface area contributed by atoms with Gasteiger partial charge in [-0.15, -0.1) is 0 Å². The van der Waals surface area contributed by atoms with Crippen LogP contribution in [0.5, 0.6) is 0 Å². The van der Waals surface area contributed by atoms with Gasteiger partial charge in [0.2, 0.25) is 0 Å². The first-order valence-corrected chi connectivity index (χ1v) is 8.70. The number of nitrogens with one attached hydrogen (secondary N) is 1. The van der Waals surface area contributed by atoms with Gasteiger partial charge in [0.1, 0.15) is 6.61 Å². The molecule has 28 heavy (non-hydrogen) atoms. The van der Waals surface area contributed by atoms with E-state index in [1.54, 1.807) is 17.0 Å². The Kier molecular flexibility index (Phi) is 5.69. The number of carbonyl (C=O) groups excluding carboxylic acids is 2. The maximum atomic E-state index is 12.6. The Labute approximate surface area is 160 Å². The molecule has 2 aromatic rings. The summed E-state index contributed by atoms with van der Waals surface area (Å²) in [5.41, 5.74) is 1.45. The minimum atomic E-state index is -4.45. The molecule has 0 atom stereocenters. The molecule has 0 fully saturated rings. The van der Waals surface area contributed by atoms with E-state index in [0.29, 0.717) is 17.9 Å². The fourth-order valence-corrected chi connectivity index (χ4v) is 3.13. The lowest BCUT2D eigenvalue weighted by Crippen LogP contribution is -2.37. The van der Waals surface area contributed by atoms with E-state index in [1.165, 1.54) is 7.11 Å². The van der Waals surface area contributed by atoms with Gasteiger partial charge in [-0.25, -0.2) is 0 Å². The molecule has 0 saturated heterocycles. The molecule has 0 aliphatic carbocycles. The summed E-state index contributed by atoms with van der Waals surface area (Å²) >= 11 is 0. The number of carbonyl (C=O) groups is 2. The van der Waals surface area contributed by atoms with Crippen LogP contribution in [0.4, 0.5) is 24.5 Å². The molecule has 3 rings (SSSR count). The number of benzene rings is 2. The highest BCUT2D eigenvalue weighted by molar-refractivity contribution is 6.05. The molecule has 0 saturated carbocycles. The number of hydrogen-bond donors (Lipinski definition) is 1. The van der Waals surface area contributed by atoms with Crippen LogP contribution in [-0.4, -0.2) is 32.1 Å². The predicted molar refractivity (Wildman–Crippen MR) is 98.4 cm³/mol. The van der Waals surface area contributed by atoms with E-state index in [0.717, 1.165) is 42.7 Å². The van der Waals surface area contributed by atoms with Crippen molar-refractivity contribution < 1.29 is 27.5 Å². The van der Waals surface area contributed by atoms with Gasteiger partial charge in [-0.3, -0.25) is 9.59 Å². The average Bonchev–Trinajstić information content (AvgIpc) is 2.67. The maximum Gasteiger partial charge on any atom is 0.416 e. The quantitative estimate of drug-likeness (QED) is 0.859. The first kappa shape index (κ1) is 19.9. The van der Waals surface area contributed by atoms with Crippen molar-refractivity contribution in [2.45, 2.75) is 19.0 Å². The Morgan fingerprint density at radius 1 is 1.14 bits per heavy atom. The Hall–Kier alpha value is -2.87. The summed E-state index contributed by atoms with van der Waals surface area (Å²) in [5, 5.41) is 2.67. The van der Waals surface area contributed by atoms with Crippen LogP contribution in [0.1, 0.15) is 27.9 Å². The topological polar surface area (TPSA) is 58.6 Å². The second kappa shape index (κ2) is 8.02. The van der Waals surface area contributed by atoms with Crippen LogP contribution in [0, 0.1) is 0 Å². The van der Waals surface area contributed by atoms with Crippen LogP contribution in [0.2, 0.25) is 0 Å². The van der Waals surface area contributed by atoms with E-state index in [-0.39, 0.29) is 18.1 Å². The number of hydrogen-bond acceptors (Lipinski definition) is 3. The van der Waals surface area contributed by atoms with Crippen molar-refractivity contribution in [3.63, 3.8) is 0 Å². The predicted octanol–water partition coefficient (Wildman–Crippen LogP) is 3.88. The van der Waals surface area contributed by atoms with Crippen molar-refractivity contribution in [3.05, 3.63) is 59.2 Å². The van der Waals surface area contributed by atoms with Gasteiger partial charge in [-0.2, -0.15) is 13.2 Å². The summed E-state index contributed by atoms with van der Waals surface area (Å²) in [4.78, 5) is 26.2. The van der Waals surface area contributed by atoms with Gasteiger partial charge in [-0.05, 0) is 54.8 Å². The highest BCUT2D eigenvalue weighted by Gasteiger charge is 2.30. The zero-order valence-corrected chi connectivity index (χ0v) is 15.2. The van der Waals surface area contributed by atoms with Crippen LogP contribution in [0.25, 0.3) is 0 Å². The fraction of sp³-hybridized carbons (Fsp3) is 0.300. The molecule has 1 N–H and O–H groups in total. The number of ether oxygens (including phenoxy) is 1. The van der Waals surface area contributed by atoms with Gasteiger partial charge in [0.15, 0.2) is 0 Å². The van der Waals surface area contributed by atoms with Gasteiger partial charge in [0.05, 0.1) is 5.56 Å². The molecule has 148 valence electrons. The number of fused-ring (bicyclic) bond motifs is 1. The van der Waals surface area contributed by atoms with E-state index < -0.39 is 17.6 Å². The van der Waals surface area contributed by atoms with E-state index in [1.807, 2.05) is 6.07 Å². The van der Waals surface area contributed by atoms with Crippen LogP contribution in [-0.2, 0) is 22.1 Å². The number of nitrogens with zero attached hydrogens (tertiary/aromatic N) is 1. The lowest BCUT2D eigenvalue weighted by molar-refractivity contribution is -0.137. The lowest BCUT2D eigenvalue weighted by Gasteiger charge is -2.29. The standard InChI is InChI=1S/C20H19F3N2O3/c1-28-12-18(26)25-10-2-3-13-6-9-16(11-17(13)25)24-19(27)14-4-7-15(8-5-14)20(21,22)23/h4-9,11H,2-3,10,12H2,1H3,(H,24,27). The minimum Gasteiger partial charge on any atom is -0.375 e. The molecule has 1 heterocycles. The third-order valence-corrected chi connectivity index (χ3v) is 4.51. The van der Waals surface area contributed by atoms with E-state index in [2.05, 4.69) is 5.32 Å². The molecule has 0 bridgehead atoms. The first-order valence-electron chi connectivity index (χ1n) is 8.70. The van der Waals surface area contributed by atoms with Crippen LogP contribution < -0.4 is 10.2 Å². The van der Waals surface area contributed by atoms with Crippen LogP contribution in [0.15, 0.2) is 42.5 Å². The second-order valence-corrected chi connectivity index (χ2v) is 6.45. The van der Waals surface area contributed by atoms with Gasteiger partial charge in [0.25, 0.3) is 11.8 Å². The van der Waals surface area contributed by atoms with Crippen LogP contribution >= 0.6 is 0 Å². The Morgan fingerprint density at radius 2 is 1.86 bits per heavy atom.